The number of benzene rings is 1. The maximum absolute atomic E-state index is 11.5. The molecular weight excluding hydrogens is 266 g/mol. The van der Waals surface area contributed by atoms with Crippen molar-refractivity contribution < 1.29 is 16.5 Å². The Morgan fingerprint density at radius 2 is 2.43 bits per heavy atom. The topological polar surface area (TPSA) is 57.4 Å². The number of ether oxygens (including phenoxy) is 1. The summed E-state index contributed by atoms with van der Waals surface area (Å²) in [5.74, 6) is 0. The highest BCUT2D eigenvalue weighted by Crippen LogP contribution is 2.21. The molecule has 112 valence electrons. The van der Waals surface area contributed by atoms with E-state index in [-0.39, 0.29) is 11.7 Å². The number of rotatable bonds is 5. The average molecular weight is 292 g/mol. The van der Waals surface area contributed by atoms with Gasteiger partial charge in [0.05, 0.1) is 10.1 Å². The van der Waals surface area contributed by atoms with E-state index >= 15 is 0 Å². The molecule has 1 fully saturated rings. The molecule has 1 aromatic carbocycles. The molecule has 2 aromatic rings. The molecule has 1 aliphatic rings. The monoisotopic (exact) mass is 292 g/mol. The molecule has 1 aromatic heterocycles. The summed E-state index contributed by atoms with van der Waals surface area (Å²) in [5, 5.41) is 1.10. The SMILES string of the molecule is [2H]N1C(=O)OC([2H])([2H])[C@]1([2H])Cc1ccc2c(c1)c(CCN(C)C)cn2[2H]. The second kappa shape index (κ2) is 5.77. The van der Waals surface area contributed by atoms with Crippen LogP contribution in [-0.4, -0.2) is 49.2 Å². The fraction of sp³-hybridized carbons (Fsp3) is 0.438. The molecule has 2 N–H and O–H groups in total. The number of cyclic esters (lactones) is 1. The minimum Gasteiger partial charge on any atom is -0.447 e. The molecule has 0 saturated carbocycles. The van der Waals surface area contributed by atoms with Gasteiger partial charge in [0.15, 0.2) is 2.82 Å². The molecule has 0 unspecified atom stereocenters. The largest absolute Gasteiger partial charge is 0.447 e. The van der Waals surface area contributed by atoms with Gasteiger partial charge in [0.2, 0.25) is 0 Å². The predicted octanol–water partition coefficient (Wildman–Crippen LogP) is 1.92. The van der Waals surface area contributed by atoms with Crippen molar-refractivity contribution in [2.24, 2.45) is 0 Å². The molecule has 0 spiro atoms. The Bertz CT molecular complexity index is 854. The van der Waals surface area contributed by atoms with E-state index in [1.54, 1.807) is 24.4 Å². The first-order chi connectivity index (χ1) is 12.0. The van der Waals surface area contributed by atoms with Crippen LogP contribution < -0.4 is 5.31 Å². The van der Waals surface area contributed by atoms with E-state index in [1.165, 1.54) is 4.98 Å². The molecule has 0 bridgehead atoms. The third kappa shape index (κ3) is 3.19. The Balaban J connectivity index is 1.96. The first-order valence-electron chi connectivity index (χ1n) is 9.23. The van der Waals surface area contributed by atoms with Gasteiger partial charge in [0.1, 0.15) is 6.56 Å². The highest BCUT2D eigenvalue weighted by atomic mass is 16.6. The van der Waals surface area contributed by atoms with Crippen molar-refractivity contribution >= 4 is 17.0 Å². The Morgan fingerprint density at radius 3 is 3.14 bits per heavy atom. The Labute approximate surface area is 131 Å². The molecule has 5 heteroatoms. The summed E-state index contributed by atoms with van der Waals surface area (Å²) in [5.41, 5.74) is 2.30. The summed E-state index contributed by atoms with van der Waals surface area (Å²) in [4.78, 5) is 14.9. The summed E-state index contributed by atoms with van der Waals surface area (Å²) in [6.45, 7) is -1.77. The molecule has 0 aliphatic carbocycles. The van der Waals surface area contributed by atoms with Crippen molar-refractivity contribution in [1.82, 2.24) is 15.2 Å². The minimum absolute atomic E-state index is 0.193. The van der Waals surface area contributed by atoms with Crippen LogP contribution in [0.2, 0.25) is 2.82 Å². The van der Waals surface area contributed by atoms with E-state index in [9.17, 15) is 4.79 Å². The quantitative estimate of drug-likeness (QED) is 0.885. The number of carbonyl (C=O) groups excluding carboxylic acids is 1. The van der Waals surface area contributed by atoms with Gasteiger partial charge in [-0.05, 0) is 50.2 Å². The number of likely N-dealkylation sites (N-methyl/N-ethyl adjacent to an activating group) is 1. The molecule has 2 heterocycles. The van der Waals surface area contributed by atoms with Crippen molar-refractivity contribution in [3.05, 3.63) is 35.5 Å². The third-order valence-corrected chi connectivity index (χ3v) is 3.45. The number of fused-ring (bicyclic) bond motifs is 1. The van der Waals surface area contributed by atoms with E-state index in [2.05, 4.69) is 4.74 Å². The average Bonchev–Trinajstić information content (AvgIpc) is 2.93. The second-order valence-electron chi connectivity index (χ2n) is 5.39. The molecule has 1 aliphatic heterocycles. The molecule has 3 rings (SSSR count). The van der Waals surface area contributed by atoms with Crippen molar-refractivity contribution in [3.63, 3.8) is 0 Å². The van der Waals surface area contributed by atoms with Gasteiger partial charge in [-0.3, -0.25) is 0 Å². The number of hydrogen-bond donors (Lipinski definition) is 2. The van der Waals surface area contributed by atoms with Gasteiger partial charge >= 0.3 is 6.09 Å². The maximum atomic E-state index is 11.5. The van der Waals surface area contributed by atoms with E-state index in [4.69, 9.17) is 6.94 Å². The fourth-order valence-electron chi connectivity index (χ4n) is 2.35. The van der Waals surface area contributed by atoms with Crippen LogP contribution in [0.3, 0.4) is 0 Å². The molecule has 1 amide bonds. The maximum Gasteiger partial charge on any atom is 0.407 e. The van der Waals surface area contributed by atoms with Crippen molar-refractivity contribution in [2.75, 3.05) is 27.2 Å². The lowest BCUT2D eigenvalue weighted by Crippen LogP contribution is -2.28. The minimum atomic E-state index is -2.59. The first kappa shape index (κ1) is 9.10. The van der Waals surface area contributed by atoms with E-state index in [1.807, 2.05) is 19.0 Å². The van der Waals surface area contributed by atoms with Crippen LogP contribution in [0.1, 0.15) is 15.2 Å². The smallest absolute Gasteiger partial charge is 0.407 e. The number of nitrogens with one attached hydrogen (secondary N) is 2. The number of alkyl carbamates (subject to hydrolysis) is 1. The van der Waals surface area contributed by atoms with Crippen molar-refractivity contribution in [1.29, 1.82) is 0 Å². The zero-order valence-corrected chi connectivity index (χ0v) is 12.1. The molecule has 21 heavy (non-hydrogen) atoms. The van der Waals surface area contributed by atoms with E-state index in [0.717, 1.165) is 23.9 Å². The van der Waals surface area contributed by atoms with Gasteiger partial charge in [-0.25, -0.2) is 4.79 Å². The van der Waals surface area contributed by atoms with Gasteiger partial charge in [-0.15, -0.1) is 0 Å². The molecule has 1 atom stereocenters. The van der Waals surface area contributed by atoms with Gasteiger partial charge < -0.3 is 19.9 Å². The van der Waals surface area contributed by atoms with Crippen LogP contribution in [0, 0.1) is 0 Å². The van der Waals surface area contributed by atoms with Crippen LogP contribution in [0.4, 0.5) is 4.79 Å². The summed E-state index contributed by atoms with van der Waals surface area (Å²) in [7, 11) is 3.94. The fourth-order valence-corrected chi connectivity index (χ4v) is 2.35. The zero-order valence-electron chi connectivity index (χ0n) is 17.1. The number of nitrogens with zero attached hydrogens (tertiary/aromatic N) is 1. The lowest BCUT2D eigenvalue weighted by atomic mass is 10.0. The predicted molar refractivity (Wildman–Crippen MR) is 82.5 cm³/mol. The standard InChI is InChI=1S/C16H21N3O2/c1-19(2)6-5-12-9-17-15-4-3-11(8-14(12)15)7-13-10-21-16(20)18-13/h3-4,8-9,13,17H,5-7,10H2,1-2H3,(H,18,20)/t13-/m0/s1/i10D2,13D/hD2. The number of aromatic amines is 1. The van der Waals surface area contributed by atoms with E-state index in [0.29, 0.717) is 11.1 Å². The number of amides is 1. The summed E-state index contributed by atoms with van der Waals surface area (Å²) >= 11 is 0. The zero-order chi connectivity index (χ0) is 19.3. The number of carbonyl (C=O) groups is 1. The van der Waals surface area contributed by atoms with Crippen LogP contribution >= 0.6 is 0 Å². The Hall–Kier alpha value is -2.01. The van der Waals surface area contributed by atoms with Crippen molar-refractivity contribution in [2.45, 2.75) is 18.9 Å². The van der Waals surface area contributed by atoms with Crippen LogP contribution in [0.25, 0.3) is 10.9 Å². The molecule has 1 saturated heterocycles. The van der Waals surface area contributed by atoms with Crippen molar-refractivity contribution in [3.8, 4) is 0 Å². The first-order valence-corrected chi connectivity index (χ1v) is 6.84. The molecular formula is C16H21N3O2. The Kier molecular flexibility index (Phi) is 2.50. The lowest BCUT2D eigenvalue weighted by Gasteiger charge is -2.09. The third-order valence-electron chi connectivity index (χ3n) is 3.45. The molecule has 0 radical (unpaired) electrons. The lowest BCUT2D eigenvalue weighted by molar-refractivity contribution is 0.177. The normalized spacial score (nSPS) is 28.0. The van der Waals surface area contributed by atoms with Gasteiger partial charge in [-0.2, -0.15) is 0 Å². The number of H-pyrrole nitrogens is 1. The highest BCUT2D eigenvalue weighted by Gasteiger charge is 2.22. The van der Waals surface area contributed by atoms with Gasteiger partial charge in [-0.1, -0.05) is 6.07 Å². The molecule has 5 nitrogen and oxygen atoms in total. The second-order valence-corrected chi connectivity index (χ2v) is 5.39. The number of aromatic nitrogens is 1. The van der Waals surface area contributed by atoms with E-state index < -0.39 is 18.7 Å². The number of hydrogen-bond acceptors (Lipinski definition) is 3. The Morgan fingerprint density at radius 1 is 1.57 bits per heavy atom. The summed E-state index contributed by atoms with van der Waals surface area (Å²) in [6.07, 6.45) is 1.13. The van der Waals surface area contributed by atoms with Crippen LogP contribution in [-0.2, 0) is 17.6 Å². The summed E-state index contributed by atoms with van der Waals surface area (Å²) in [6, 6.07) is 3.05. The van der Waals surface area contributed by atoms with Gasteiger partial charge in [0, 0.05) is 23.6 Å². The highest BCUT2D eigenvalue weighted by molar-refractivity contribution is 5.84. The van der Waals surface area contributed by atoms with Crippen LogP contribution in [0.5, 0.6) is 0 Å². The van der Waals surface area contributed by atoms with Crippen LogP contribution in [0.15, 0.2) is 24.4 Å². The summed E-state index contributed by atoms with van der Waals surface area (Å²) < 4.78 is 44.2. The van der Waals surface area contributed by atoms with Gasteiger partial charge in [0.25, 0.3) is 0 Å².